The molecule has 87 heavy (non-hydrogen) atoms. The Labute approximate surface area is 502 Å². The van der Waals surface area contributed by atoms with Gasteiger partial charge in [0, 0.05) is 116 Å². The molecule has 0 saturated carbocycles. The van der Waals surface area contributed by atoms with Crippen LogP contribution >= 0.6 is 0 Å². The Morgan fingerprint density at radius 1 is 0.575 bits per heavy atom. The number of Topliss-reactive ketones (excluding diaryl/α,β-unsaturated/α-hetero) is 3. The first-order valence-corrected chi connectivity index (χ1v) is 28.7. The molecular formula is C61H75F2N11O13. The molecule has 466 valence electrons. The van der Waals surface area contributed by atoms with E-state index in [1.54, 1.807) is 91.2 Å². The predicted molar refractivity (Wildman–Crippen MR) is 317 cm³/mol. The van der Waals surface area contributed by atoms with Crippen LogP contribution in [0.2, 0.25) is 0 Å². The summed E-state index contributed by atoms with van der Waals surface area (Å²) in [5.74, 6) is -3.58. The first-order valence-electron chi connectivity index (χ1n) is 28.7. The summed E-state index contributed by atoms with van der Waals surface area (Å²) in [7, 11) is 0. The van der Waals surface area contributed by atoms with Crippen molar-refractivity contribution in [1.82, 2.24) is 31.3 Å². The molecule has 0 spiro atoms. The second kappa shape index (κ2) is 30.5. The highest BCUT2D eigenvalue weighted by molar-refractivity contribution is 6.34. The number of hydrogen-bond acceptors (Lipinski definition) is 18. The second-order valence-corrected chi connectivity index (χ2v) is 22.2. The molecule has 26 heteroatoms. The van der Waals surface area contributed by atoms with Crippen molar-refractivity contribution in [1.29, 1.82) is 0 Å². The van der Waals surface area contributed by atoms with Crippen LogP contribution < -0.4 is 46.8 Å². The van der Waals surface area contributed by atoms with Crippen LogP contribution in [0.15, 0.2) is 84.9 Å². The van der Waals surface area contributed by atoms with Gasteiger partial charge < -0.3 is 50.2 Å². The molecule has 0 aromatic heterocycles. The van der Waals surface area contributed by atoms with E-state index in [9.17, 15) is 47.9 Å². The summed E-state index contributed by atoms with van der Waals surface area (Å²) in [6.45, 7) is 12.3. The molecule has 4 aromatic rings. The molecule has 24 nitrogen and oxygen atoms in total. The lowest BCUT2D eigenvalue weighted by atomic mass is 10.0. The van der Waals surface area contributed by atoms with Crippen molar-refractivity contribution in [3.8, 4) is 0 Å². The number of nitrogens with one attached hydrogen (secondary N) is 4. The van der Waals surface area contributed by atoms with E-state index >= 15 is 8.78 Å². The van der Waals surface area contributed by atoms with Crippen LogP contribution in [0.5, 0.6) is 0 Å². The Morgan fingerprint density at radius 3 is 1.37 bits per heavy atom. The van der Waals surface area contributed by atoms with Gasteiger partial charge in [-0.05, 0) is 68.3 Å². The zero-order valence-corrected chi connectivity index (χ0v) is 49.5. The number of piperazine rings is 2. The number of nitrogens with two attached hydrogens (primary N) is 1. The smallest absolute Gasteiger partial charge is 0.414 e. The second-order valence-electron chi connectivity index (χ2n) is 22.2. The van der Waals surface area contributed by atoms with Crippen molar-refractivity contribution in [2.24, 2.45) is 5.73 Å². The molecule has 8 rings (SSSR count). The maximum atomic E-state index is 15.2. The lowest BCUT2D eigenvalue weighted by Gasteiger charge is -2.36. The number of rotatable bonds is 23. The summed E-state index contributed by atoms with van der Waals surface area (Å²) < 4.78 is 45.7. The van der Waals surface area contributed by atoms with Crippen LogP contribution in [0.3, 0.4) is 0 Å². The van der Waals surface area contributed by atoms with Crippen LogP contribution in [0.1, 0.15) is 92.1 Å². The summed E-state index contributed by atoms with van der Waals surface area (Å²) in [5, 5.41) is 5.21. The number of hydrogen-bond donors (Lipinski definition) is 5. The summed E-state index contributed by atoms with van der Waals surface area (Å²) in [6, 6.07) is 23.0. The Kier molecular flexibility index (Phi) is 23.0. The van der Waals surface area contributed by atoms with Gasteiger partial charge in [0.15, 0.2) is 11.6 Å². The number of cyclic esters (lactones) is 2. The van der Waals surface area contributed by atoms with Gasteiger partial charge in [0.05, 0.1) is 55.5 Å². The molecule has 4 aliphatic heterocycles. The van der Waals surface area contributed by atoms with Crippen molar-refractivity contribution in [2.75, 3.05) is 105 Å². The van der Waals surface area contributed by atoms with Crippen LogP contribution in [0.4, 0.5) is 41.1 Å². The molecule has 4 fully saturated rings. The monoisotopic (exact) mass is 1210 g/mol. The Morgan fingerprint density at radius 2 is 0.989 bits per heavy atom. The summed E-state index contributed by atoms with van der Waals surface area (Å²) in [5.41, 5.74) is 14.6. The average Bonchev–Trinajstić information content (AvgIpc) is 3.49. The fourth-order valence-corrected chi connectivity index (χ4v) is 9.82. The number of carbonyl (C=O) groups excluding carboxylic acids is 10. The van der Waals surface area contributed by atoms with Crippen molar-refractivity contribution >= 4 is 81.9 Å². The minimum atomic E-state index is -0.909. The van der Waals surface area contributed by atoms with Gasteiger partial charge in [-0.15, -0.1) is 0 Å². The van der Waals surface area contributed by atoms with E-state index in [0.29, 0.717) is 99.3 Å². The van der Waals surface area contributed by atoms with E-state index in [2.05, 4.69) is 21.5 Å². The number of nitrogens with zero attached hydrogens (tertiary/aromatic N) is 6. The molecule has 4 saturated heterocycles. The molecule has 6 N–H and O–H groups in total. The number of benzene rings is 4. The van der Waals surface area contributed by atoms with E-state index in [0.717, 1.165) is 11.1 Å². The number of hydrazine groups is 1. The van der Waals surface area contributed by atoms with Crippen molar-refractivity contribution in [3.05, 3.63) is 119 Å². The van der Waals surface area contributed by atoms with Gasteiger partial charge in [-0.3, -0.25) is 48.8 Å². The fourth-order valence-electron chi connectivity index (χ4n) is 9.82. The van der Waals surface area contributed by atoms with Crippen LogP contribution in [0, 0.1) is 11.6 Å². The number of carbonyl (C=O) groups is 10. The Balaban J connectivity index is 0.000000256. The standard InChI is InChI=1S/C34H43FN6O8.C27H32FN5O5/c1-22(42)36-19-26-21-41(33(47)48-26)25-9-10-28(27(35)17-25)39-13-15-40(16-14-39)31(45)12-11-29(43)24-7-5-23(6-8-24)18-37-38-20-30(44)32(46)49-34(2,3)4;1-18(34)30-16-22-17-33(27(37)38-22)21-6-7-24(23(28)14-21)31-10-12-32(13-11-31)26(36)9-8-25(35)20-4-2-19(15-29)3-5-20/h5-10,17,26,37-38H,11-16,18-21H2,1-4H3,(H,36,42);2-7,14,22H,8-13,15-17,29H2,1H3,(H,30,34)/t26-;22-/m00/s1. The summed E-state index contributed by atoms with van der Waals surface area (Å²) in [6.07, 6.45) is -1.90. The lowest BCUT2D eigenvalue weighted by molar-refractivity contribution is -0.162. The number of anilines is 4. The van der Waals surface area contributed by atoms with E-state index in [1.807, 2.05) is 21.9 Å². The fraction of sp³-hybridized carbons (Fsp3) is 0.443. The molecule has 0 aliphatic carbocycles. The molecule has 4 aromatic carbocycles. The molecule has 0 radical (unpaired) electrons. The Hall–Kier alpha value is -8.88. The predicted octanol–water partition coefficient (Wildman–Crippen LogP) is 4.16. The van der Waals surface area contributed by atoms with Gasteiger partial charge in [-0.1, -0.05) is 48.5 Å². The van der Waals surface area contributed by atoms with E-state index in [1.165, 1.54) is 35.8 Å². The molecule has 2 atom stereocenters. The minimum Gasteiger partial charge on any atom is -0.454 e. The van der Waals surface area contributed by atoms with Gasteiger partial charge in [0.25, 0.3) is 5.78 Å². The highest BCUT2D eigenvalue weighted by Crippen LogP contribution is 2.31. The van der Waals surface area contributed by atoms with Gasteiger partial charge in [-0.2, -0.15) is 0 Å². The third-order valence-corrected chi connectivity index (χ3v) is 14.5. The summed E-state index contributed by atoms with van der Waals surface area (Å²) >= 11 is 0. The number of amides is 6. The topological polar surface area (TPSA) is 292 Å². The van der Waals surface area contributed by atoms with Crippen LogP contribution in [0.25, 0.3) is 0 Å². The van der Waals surface area contributed by atoms with Crippen molar-refractivity contribution in [3.63, 3.8) is 0 Å². The third kappa shape index (κ3) is 19.1. The van der Waals surface area contributed by atoms with E-state index in [4.69, 9.17) is 19.9 Å². The first kappa shape index (κ1) is 65.7. The van der Waals surface area contributed by atoms with Gasteiger partial charge in [-0.25, -0.2) is 28.6 Å². The van der Waals surface area contributed by atoms with E-state index < -0.39 is 53.4 Å². The molecule has 4 aliphatic rings. The highest BCUT2D eigenvalue weighted by Gasteiger charge is 2.35. The zero-order valence-electron chi connectivity index (χ0n) is 49.5. The Bertz CT molecular complexity index is 3160. The molecule has 0 bridgehead atoms. The van der Waals surface area contributed by atoms with Gasteiger partial charge >= 0.3 is 18.2 Å². The average molecular weight is 1210 g/mol. The van der Waals surface area contributed by atoms with Crippen LogP contribution in [-0.4, -0.2) is 172 Å². The maximum absolute atomic E-state index is 15.2. The molecule has 6 amide bonds. The number of ketones is 3. The highest BCUT2D eigenvalue weighted by atomic mass is 19.1. The quantitative estimate of drug-likeness (QED) is 0.0174. The van der Waals surface area contributed by atoms with Crippen molar-refractivity contribution < 1.29 is 70.9 Å². The van der Waals surface area contributed by atoms with E-state index in [-0.39, 0.29) is 93.6 Å². The zero-order chi connectivity index (χ0) is 63.0. The third-order valence-electron chi connectivity index (χ3n) is 14.5. The number of halogens is 2. The molecular weight excluding hydrogens is 1130 g/mol. The van der Waals surface area contributed by atoms with Crippen molar-refractivity contribution in [2.45, 2.75) is 91.2 Å². The number of ether oxygens (including phenoxy) is 3. The normalized spacial score (nSPS) is 16.8. The molecule has 0 unspecified atom stereocenters. The van der Waals surface area contributed by atoms with Crippen LogP contribution in [-0.2, 0) is 56.1 Å². The maximum Gasteiger partial charge on any atom is 0.414 e. The first-order chi connectivity index (χ1) is 41.4. The lowest BCUT2D eigenvalue weighted by Crippen LogP contribution is -2.49. The largest absolute Gasteiger partial charge is 0.454 e. The summed E-state index contributed by atoms with van der Waals surface area (Å²) in [4.78, 5) is 131. The SMILES string of the molecule is CC(=O)NC[C@H]1CN(c2ccc(N3CCN(C(=O)CCC(=O)c4ccc(CN)cc4)CC3)c(F)c2)C(=O)O1.CC(=O)NC[C@H]1CN(c2ccc(N3CCN(C(=O)CCC(=O)c4ccc(CNNCC(=O)C(=O)OC(C)(C)C)cc4)CC3)c(F)c2)C(=O)O1. The van der Waals surface area contributed by atoms with Gasteiger partial charge in [0.2, 0.25) is 23.6 Å². The number of esters is 1. The van der Waals surface area contributed by atoms with Gasteiger partial charge in [0.1, 0.15) is 29.4 Å². The molecule has 4 heterocycles. The minimum absolute atomic E-state index is 0.0473.